The molecule has 0 N–H and O–H groups in total. The van der Waals surface area contributed by atoms with Gasteiger partial charge in [0.05, 0.1) is 0 Å². The Morgan fingerprint density at radius 3 is 2.54 bits per heavy atom. The molecule has 0 unspecified atom stereocenters. The fraction of sp³-hybridized carbons (Fsp3) is 0.625. The zero-order valence-electron chi connectivity index (χ0n) is 7.47. The average Bonchev–Trinajstić information content (AvgIpc) is 2.31. The third-order valence-corrected chi connectivity index (χ3v) is 1.61. The van der Waals surface area contributed by atoms with Gasteiger partial charge < -0.3 is 4.57 Å². The molecule has 0 amide bonds. The molecule has 0 spiro atoms. The highest BCUT2D eigenvalue weighted by atomic mass is 19.4. The first-order chi connectivity index (χ1) is 5.90. The van der Waals surface area contributed by atoms with Crippen LogP contribution in [0.15, 0.2) is 12.4 Å². The second-order valence-electron chi connectivity index (χ2n) is 3.18. The molecule has 0 bridgehead atoms. The normalized spacial score (nSPS) is 12.5. The zero-order chi connectivity index (χ0) is 10.1. The molecular formula is C8H11F3N2. The van der Waals surface area contributed by atoms with Crippen molar-refractivity contribution >= 4 is 0 Å². The smallest absolute Gasteiger partial charge is 0.326 e. The standard InChI is InChI=1S/C8H11F3N2/c1-6(2)7-12-3-4-13(7)5-8(9,10)11/h3-4,6H,5H2,1-2H3. The maximum Gasteiger partial charge on any atom is 0.406 e. The maximum atomic E-state index is 12.0. The summed E-state index contributed by atoms with van der Waals surface area (Å²) in [6, 6.07) is 0. The van der Waals surface area contributed by atoms with Crippen LogP contribution in [0.25, 0.3) is 0 Å². The number of imidazole rings is 1. The predicted octanol–water partition coefficient (Wildman–Crippen LogP) is 2.57. The molecule has 0 aliphatic heterocycles. The summed E-state index contributed by atoms with van der Waals surface area (Å²) in [5.74, 6) is 0.481. The van der Waals surface area contributed by atoms with E-state index in [-0.39, 0.29) is 5.92 Å². The van der Waals surface area contributed by atoms with E-state index in [1.807, 2.05) is 13.8 Å². The first-order valence-electron chi connectivity index (χ1n) is 3.98. The van der Waals surface area contributed by atoms with Crippen LogP contribution in [-0.4, -0.2) is 15.7 Å². The minimum absolute atomic E-state index is 0.0114. The Hall–Kier alpha value is -1.00. The SMILES string of the molecule is CC(C)c1nccn1CC(F)(F)F. The Morgan fingerprint density at radius 1 is 1.46 bits per heavy atom. The van der Waals surface area contributed by atoms with Crippen molar-refractivity contribution in [3.63, 3.8) is 0 Å². The summed E-state index contributed by atoms with van der Waals surface area (Å²) in [6.45, 7) is 2.67. The molecule has 0 aliphatic carbocycles. The lowest BCUT2D eigenvalue weighted by Crippen LogP contribution is -2.19. The number of hydrogen-bond donors (Lipinski definition) is 0. The van der Waals surface area contributed by atoms with Gasteiger partial charge in [0.1, 0.15) is 12.4 Å². The van der Waals surface area contributed by atoms with E-state index in [1.165, 1.54) is 12.4 Å². The van der Waals surface area contributed by atoms with Gasteiger partial charge in [0.2, 0.25) is 0 Å². The third-order valence-electron chi connectivity index (χ3n) is 1.61. The van der Waals surface area contributed by atoms with Gasteiger partial charge in [-0.2, -0.15) is 13.2 Å². The van der Waals surface area contributed by atoms with Gasteiger partial charge in [0.15, 0.2) is 0 Å². The molecule has 5 heteroatoms. The molecule has 0 atom stereocenters. The van der Waals surface area contributed by atoms with Crippen molar-refractivity contribution in [1.29, 1.82) is 0 Å². The van der Waals surface area contributed by atoms with Crippen LogP contribution in [0.4, 0.5) is 13.2 Å². The quantitative estimate of drug-likeness (QED) is 0.704. The zero-order valence-corrected chi connectivity index (χ0v) is 7.47. The van der Waals surface area contributed by atoms with E-state index in [4.69, 9.17) is 0 Å². The molecule has 1 aromatic heterocycles. The van der Waals surface area contributed by atoms with Crippen LogP contribution in [-0.2, 0) is 6.54 Å². The van der Waals surface area contributed by atoms with Crippen LogP contribution in [0.1, 0.15) is 25.6 Å². The molecule has 0 aliphatic rings. The molecule has 0 radical (unpaired) electrons. The summed E-state index contributed by atoms with van der Waals surface area (Å²) >= 11 is 0. The van der Waals surface area contributed by atoms with Crippen molar-refractivity contribution in [2.24, 2.45) is 0 Å². The Balaban J connectivity index is 2.83. The lowest BCUT2D eigenvalue weighted by Gasteiger charge is -2.12. The second kappa shape index (κ2) is 3.40. The highest BCUT2D eigenvalue weighted by Crippen LogP contribution is 2.20. The van der Waals surface area contributed by atoms with E-state index in [0.29, 0.717) is 5.82 Å². The predicted molar refractivity (Wildman–Crippen MR) is 42.4 cm³/mol. The summed E-state index contributed by atoms with van der Waals surface area (Å²) in [6.07, 6.45) is -1.44. The molecule has 0 fully saturated rings. The highest BCUT2D eigenvalue weighted by molar-refractivity contribution is 4.97. The van der Waals surface area contributed by atoms with Crippen molar-refractivity contribution in [2.75, 3.05) is 0 Å². The average molecular weight is 192 g/mol. The molecule has 1 aromatic rings. The van der Waals surface area contributed by atoms with E-state index >= 15 is 0 Å². The van der Waals surface area contributed by atoms with Crippen molar-refractivity contribution in [1.82, 2.24) is 9.55 Å². The number of hydrogen-bond acceptors (Lipinski definition) is 1. The van der Waals surface area contributed by atoms with Crippen LogP contribution in [0, 0.1) is 0 Å². The lowest BCUT2D eigenvalue weighted by atomic mass is 10.2. The van der Waals surface area contributed by atoms with E-state index in [2.05, 4.69) is 4.98 Å². The van der Waals surface area contributed by atoms with E-state index < -0.39 is 12.7 Å². The largest absolute Gasteiger partial charge is 0.406 e. The molecule has 0 aromatic carbocycles. The number of rotatable bonds is 2. The second-order valence-corrected chi connectivity index (χ2v) is 3.18. The van der Waals surface area contributed by atoms with Gasteiger partial charge in [-0.25, -0.2) is 4.98 Å². The molecule has 2 nitrogen and oxygen atoms in total. The first-order valence-corrected chi connectivity index (χ1v) is 3.98. The van der Waals surface area contributed by atoms with Crippen molar-refractivity contribution < 1.29 is 13.2 Å². The molecule has 0 saturated carbocycles. The summed E-state index contributed by atoms with van der Waals surface area (Å²) in [5, 5.41) is 0. The van der Waals surface area contributed by atoms with Gasteiger partial charge in [0.25, 0.3) is 0 Å². The lowest BCUT2D eigenvalue weighted by molar-refractivity contribution is -0.141. The van der Waals surface area contributed by atoms with Crippen LogP contribution in [0.3, 0.4) is 0 Å². The summed E-state index contributed by atoms with van der Waals surface area (Å²) in [7, 11) is 0. The Morgan fingerprint density at radius 2 is 2.08 bits per heavy atom. The van der Waals surface area contributed by atoms with E-state index in [1.54, 1.807) is 0 Å². The monoisotopic (exact) mass is 192 g/mol. The number of halogens is 3. The van der Waals surface area contributed by atoms with Crippen LogP contribution >= 0.6 is 0 Å². The van der Waals surface area contributed by atoms with Gasteiger partial charge in [-0.05, 0) is 0 Å². The summed E-state index contributed by atoms with van der Waals surface area (Å²) in [5.41, 5.74) is 0. The van der Waals surface area contributed by atoms with Crippen LogP contribution in [0.2, 0.25) is 0 Å². The minimum Gasteiger partial charge on any atom is -0.326 e. The van der Waals surface area contributed by atoms with Gasteiger partial charge in [-0.15, -0.1) is 0 Å². The molecule has 13 heavy (non-hydrogen) atoms. The van der Waals surface area contributed by atoms with Crippen LogP contribution < -0.4 is 0 Å². The van der Waals surface area contributed by atoms with Crippen LogP contribution in [0.5, 0.6) is 0 Å². The molecular weight excluding hydrogens is 181 g/mol. The topological polar surface area (TPSA) is 17.8 Å². The van der Waals surface area contributed by atoms with Gasteiger partial charge in [-0.1, -0.05) is 13.8 Å². The first kappa shape index (κ1) is 10.1. The van der Waals surface area contributed by atoms with Gasteiger partial charge in [-0.3, -0.25) is 0 Å². The Kier molecular flexibility index (Phi) is 2.63. The number of alkyl halides is 3. The van der Waals surface area contributed by atoms with Crippen molar-refractivity contribution in [2.45, 2.75) is 32.5 Å². The fourth-order valence-corrected chi connectivity index (χ4v) is 1.15. The Labute approximate surface area is 74.4 Å². The number of aromatic nitrogens is 2. The summed E-state index contributed by atoms with van der Waals surface area (Å²) in [4.78, 5) is 3.86. The highest BCUT2D eigenvalue weighted by Gasteiger charge is 2.29. The van der Waals surface area contributed by atoms with E-state index in [9.17, 15) is 13.2 Å². The minimum atomic E-state index is -4.18. The Bertz CT molecular complexity index is 275. The third kappa shape index (κ3) is 2.75. The maximum absolute atomic E-state index is 12.0. The van der Waals surface area contributed by atoms with E-state index in [0.717, 1.165) is 4.57 Å². The fourth-order valence-electron chi connectivity index (χ4n) is 1.15. The summed E-state index contributed by atoms with van der Waals surface area (Å²) < 4.78 is 37.2. The van der Waals surface area contributed by atoms with Gasteiger partial charge >= 0.3 is 6.18 Å². The molecule has 0 saturated heterocycles. The molecule has 1 rings (SSSR count). The number of nitrogens with zero attached hydrogens (tertiary/aromatic N) is 2. The van der Waals surface area contributed by atoms with Crippen molar-refractivity contribution in [3.8, 4) is 0 Å². The van der Waals surface area contributed by atoms with Crippen molar-refractivity contribution in [3.05, 3.63) is 18.2 Å². The molecule has 74 valence electrons. The molecule has 1 heterocycles. The van der Waals surface area contributed by atoms with Gasteiger partial charge in [0, 0.05) is 18.3 Å².